The number of methoxy groups -OCH3 is 1. The van der Waals surface area contributed by atoms with Crippen molar-refractivity contribution in [3.8, 4) is 5.75 Å². The molecular formula is C17H17ClN4O2. The molecule has 0 amide bonds. The van der Waals surface area contributed by atoms with Crippen LogP contribution < -0.4 is 15.4 Å². The number of halogens is 1. The Morgan fingerprint density at radius 3 is 2.79 bits per heavy atom. The van der Waals surface area contributed by atoms with Crippen LogP contribution in [0.3, 0.4) is 0 Å². The number of rotatable bonds is 6. The molecule has 124 valence electrons. The number of hydrogen-bond acceptors (Lipinski definition) is 6. The first kappa shape index (κ1) is 16.1. The normalized spacial score (nSPS) is 10.5. The van der Waals surface area contributed by atoms with Gasteiger partial charge in [-0.05, 0) is 37.3 Å². The lowest BCUT2D eigenvalue weighted by Gasteiger charge is -2.10. The van der Waals surface area contributed by atoms with Gasteiger partial charge in [-0.3, -0.25) is 0 Å². The smallest absolute Gasteiger partial charge is 0.229 e. The molecule has 0 radical (unpaired) electrons. The summed E-state index contributed by atoms with van der Waals surface area (Å²) in [5.41, 5.74) is 1.62. The van der Waals surface area contributed by atoms with Crippen LogP contribution in [0.4, 0.5) is 17.5 Å². The van der Waals surface area contributed by atoms with Crippen LogP contribution in [-0.4, -0.2) is 17.1 Å². The molecule has 3 rings (SSSR count). The first-order chi connectivity index (χ1) is 11.6. The van der Waals surface area contributed by atoms with Crippen molar-refractivity contribution in [3.05, 3.63) is 59.1 Å². The highest BCUT2D eigenvalue weighted by molar-refractivity contribution is 6.32. The van der Waals surface area contributed by atoms with Crippen molar-refractivity contribution in [2.75, 3.05) is 17.7 Å². The van der Waals surface area contributed by atoms with Crippen LogP contribution in [0.2, 0.25) is 5.02 Å². The first-order valence-electron chi connectivity index (χ1n) is 7.36. The summed E-state index contributed by atoms with van der Waals surface area (Å²) in [7, 11) is 1.58. The predicted octanol–water partition coefficient (Wildman–Crippen LogP) is 4.40. The number of ether oxygens (including phenoxy) is 1. The van der Waals surface area contributed by atoms with E-state index in [1.165, 1.54) is 0 Å². The van der Waals surface area contributed by atoms with Gasteiger partial charge in [-0.1, -0.05) is 11.6 Å². The molecular weight excluding hydrogens is 328 g/mol. The highest BCUT2D eigenvalue weighted by atomic mass is 35.5. The van der Waals surface area contributed by atoms with E-state index in [-0.39, 0.29) is 0 Å². The molecule has 1 aromatic carbocycles. The predicted molar refractivity (Wildman–Crippen MR) is 94.1 cm³/mol. The van der Waals surface area contributed by atoms with Gasteiger partial charge >= 0.3 is 0 Å². The van der Waals surface area contributed by atoms with Crippen molar-refractivity contribution in [1.29, 1.82) is 0 Å². The molecule has 2 aromatic heterocycles. The number of aryl methyl sites for hydroxylation is 1. The van der Waals surface area contributed by atoms with Crippen molar-refractivity contribution in [2.24, 2.45) is 0 Å². The Balaban J connectivity index is 1.74. The summed E-state index contributed by atoms with van der Waals surface area (Å²) in [6, 6.07) is 11.0. The molecule has 3 aromatic rings. The topological polar surface area (TPSA) is 72.2 Å². The van der Waals surface area contributed by atoms with Gasteiger partial charge in [-0.2, -0.15) is 4.98 Å². The number of anilines is 3. The highest BCUT2D eigenvalue weighted by Crippen LogP contribution is 2.28. The number of aromatic nitrogens is 2. The average Bonchev–Trinajstić information content (AvgIpc) is 3.06. The summed E-state index contributed by atoms with van der Waals surface area (Å²) >= 11 is 6.14. The van der Waals surface area contributed by atoms with Crippen LogP contribution in [0.1, 0.15) is 11.5 Å². The van der Waals surface area contributed by atoms with Crippen LogP contribution in [0.5, 0.6) is 5.75 Å². The molecule has 2 N–H and O–H groups in total. The van der Waals surface area contributed by atoms with Gasteiger partial charge in [0.25, 0.3) is 0 Å². The van der Waals surface area contributed by atoms with Gasteiger partial charge < -0.3 is 19.8 Å². The zero-order valence-electron chi connectivity index (χ0n) is 13.3. The Morgan fingerprint density at radius 2 is 2.08 bits per heavy atom. The maximum atomic E-state index is 6.14. The monoisotopic (exact) mass is 344 g/mol. The minimum atomic E-state index is 0.484. The SMILES string of the molecule is COc1ccc(Nc2nc(C)cc(NCc3ccco3)n2)cc1Cl. The van der Waals surface area contributed by atoms with Gasteiger partial charge in [-0.15, -0.1) is 0 Å². The second-order valence-corrected chi connectivity index (χ2v) is 5.53. The molecule has 0 aliphatic carbocycles. The van der Waals surface area contributed by atoms with E-state index in [0.29, 0.717) is 29.1 Å². The highest BCUT2D eigenvalue weighted by Gasteiger charge is 2.06. The lowest BCUT2D eigenvalue weighted by atomic mass is 10.3. The van der Waals surface area contributed by atoms with E-state index in [9.17, 15) is 0 Å². The second-order valence-electron chi connectivity index (χ2n) is 5.13. The van der Waals surface area contributed by atoms with E-state index in [1.807, 2.05) is 31.2 Å². The van der Waals surface area contributed by atoms with Gasteiger partial charge in [0.05, 0.1) is 24.9 Å². The van der Waals surface area contributed by atoms with E-state index < -0.39 is 0 Å². The summed E-state index contributed by atoms with van der Waals surface area (Å²) in [6.45, 7) is 2.46. The van der Waals surface area contributed by atoms with Gasteiger partial charge in [-0.25, -0.2) is 4.98 Å². The molecule has 24 heavy (non-hydrogen) atoms. The number of furan rings is 1. The largest absolute Gasteiger partial charge is 0.495 e. The Hall–Kier alpha value is -2.73. The van der Waals surface area contributed by atoms with Crippen LogP contribution in [0.15, 0.2) is 47.1 Å². The molecule has 0 saturated carbocycles. The lowest BCUT2D eigenvalue weighted by Crippen LogP contribution is -2.05. The van der Waals surface area contributed by atoms with Crippen LogP contribution in [0, 0.1) is 6.92 Å². The van der Waals surface area contributed by atoms with Crippen molar-refractivity contribution in [3.63, 3.8) is 0 Å². The molecule has 0 fully saturated rings. The van der Waals surface area contributed by atoms with E-state index in [2.05, 4.69) is 20.6 Å². The van der Waals surface area contributed by atoms with Crippen molar-refractivity contribution < 1.29 is 9.15 Å². The number of hydrogen-bond donors (Lipinski definition) is 2. The third kappa shape index (κ3) is 3.97. The molecule has 0 bridgehead atoms. The maximum absolute atomic E-state index is 6.14. The number of nitrogens with one attached hydrogen (secondary N) is 2. The van der Waals surface area contributed by atoms with Crippen LogP contribution in [-0.2, 0) is 6.54 Å². The molecule has 2 heterocycles. The van der Waals surface area contributed by atoms with Crippen LogP contribution in [0.25, 0.3) is 0 Å². The van der Waals surface area contributed by atoms with E-state index >= 15 is 0 Å². The second kappa shape index (κ2) is 7.23. The minimum Gasteiger partial charge on any atom is -0.495 e. The number of benzene rings is 1. The summed E-state index contributed by atoms with van der Waals surface area (Å²) in [4.78, 5) is 8.84. The molecule has 0 aliphatic heterocycles. The number of nitrogens with zero attached hydrogens (tertiary/aromatic N) is 2. The van der Waals surface area contributed by atoms with Crippen molar-refractivity contribution >= 4 is 29.1 Å². The third-order valence-electron chi connectivity index (χ3n) is 3.29. The van der Waals surface area contributed by atoms with E-state index in [0.717, 1.165) is 17.1 Å². The summed E-state index contributed by atoms with van der Waals surface area (Å²) in [6.07, 6.45) is 1.64. The molecule has 7 heteroatoms. The maximum Gasteiger partial charge on any atom is 0.229 e. The lowest BCUT2D eigenvalue weighted by molar-refractivity contribution is 0.415. The summed E-state index contributed by atoms with van der Waals surface area (Å²) < 4.78 is 10.4. The Labute approximate surface area is 144 Å². The Kier molecular flexibility index (Phi) is 4.86. The fraction of sp³-hybridized carbons (Fsp3) is 0.176. The molecule has 6 nitrogen and oxygen atoms in total. The fourth-order valence-electron chi connectivity index (χ4n) is 2.18. The average molecular weight is 345 g/mol. The van der Waals surface area contributed by atoms with Crippen molar-refractivity contribution in [1.82, 2.24) is 9.97 Å². The molecule has 0 saturated heterocycles. The van der Waals surface area contributed by atoms with Crippen molar-refractivity contribution in [2.45, 2.75) is 13.5 Å². The molecule has 0 atom stereocenters. The first-order valence-corrected chi connectivity index (χ1v) is 7.74. The zero-order valence-corrected chi connectivity index (χ0v) is 14.1. The van der Waals surface area contributed by atoms with Gasteiger partial charge in [0, 0.05) is 17.4 Å². The quantitative estimate of drug-likeness (QED) is 0.690. The summed E-state index contributed by atoms with van der Waals surface area (Å²) in [5, 5.41) is 6.88. The molecule has 0 unspecified atom stereocenters. The molecule has 0 spiro atoms. The fourth-order valence-corrected chi connectivity index (χ4v) is 2.44. The van der Waals surface area contributed by atoms with Crippen LogP contribution >= 0.6 is 11.6 Å². The zero-order chi connectivity index (χ0) is 16.9. The standard InChI is InChI=1S/C17H17ClN4O2/c1-11-8-16(19-10-13-4-3-7-24-13)22-17(20-11)21-12-5-6-15(23-2)14(18)9-12/h3-9H,10H2,1-2H3,(H2,19,20,21,22). The van der Waals surface area contributed by atoms with E-state index in [4.69, 9.17) is 20.8 Å². The minimum absolute atomic E-state index is 0.484. The molecule has 0 aliphatic rings. The van der Waals surface area contributed by atoms with E-state index in [1.54, 1.807) is 25.5 Å². The van der Waals surface area contributed by atoms with Gasteiger partial charge in [0.15, 0.2) is 0 Å². The summed E-state index contributed by atoms with van der Waals surface area (Å²) in [5.74, 6) is 2.65. The third-order valence-corrected chi connectivity index (χ3v) is 3.58. The van der Waals surface area contributed by atoms with Gasteiger partial charge in [0.2, 0.25) is 5.95 Å². The Bertz CT molecular complexity index is 821. The Morgan fingerprint density at radius 1 is 1.21 bits per heavy atom. The van der Waals surface area contributed by atoms with Gasteiger partial charge in [0.1, 0.15) is 17.3 Å².